The van der Waals surface area contributed by atoms with Crippen molar-refractivity contribution in [3.63, 3.8) is 0 Å². The van der Waals surface area contributed by atoms with Gasteiger partial charge in [0.1, 0.15) is 49.8 Å². The van der Waals surface area contributed by atoms with Crippen LogP contribution in [-0.2, 0) is 47.4 Å². The van der Waals surface area contributed by atoms with Crippen LogP contribution in [0.25, 0.3) is 0 Å². The zero-order valence-corrected chi connectivity index (χ0v) is 32.4. The number of hydrogen-bond acceptors (Lipinski definition) is 15. The molecule has 15 nitrogen and oxygen atoms in total. The zero-order chi connectivity index (χ0) is 41.5. The van der Waals surface area contributed by atoms with Gasteiger partial charge in [0.2, 0.25) is 0 Å². The lowest BCUT2D eigenvalue weighted by atomic mass is 9.96. The van der Waals surface area contributed by atoms with E-state index in [-0.39, 0.29) is 23.3 Å². The van der Waals surface area contributed by atoms with Crippen LogP contribution in [-0.4, -0.2) is 117 Å². The number of fused-ring (bicyclic) bond motifs is 1. The Morgan fingerprint density at radius 3 is 1.42 bits per heavy atom. The van der Waals surface area contributed by atoms with E-state index in [9.17, 15) is 24.3 Å². The molecular weight excluding hydrogens is 768 g/mol. The summed E-state index contributed by atoms with van der Waals surface area (Å²) in [6.07, 6.45) is -13.4. The summed E-state index contributed by atoms with van der Waals surface area (Å²) in [7, 11) is 1.29. The van der Waals surface area contributed by atoms with Gasteiger partial charge < -0.3 is 52.5 Å². The maximum absolute atomic E-state index is 13.7. The molecule has 59 heavy (non-hydrogen) atoms. The molecule has 3 fully saturated rings. The van der Waals surface area contributed by atoms with Gasteiger partial charge in [-0.05, 0) is 62.4 Å². The SMILES string of the molecule is CO[C@@H]1O[C@H](COC(=O)c2ccccc2)[C@@H](O[C@@H]2O[C@H](COC(=O)c3ccccc3)[C@@H]3OC(C)(C)O[C@@H]3[C@H]2OC(=O)c2ccccc2)[C@H](O)[C@H]1OC(=O)c1ccccc1. The lowest BCUT2D eigenvalue weighted by molar-refractivity contribution is -0.349. The second-order valence-electron chi connectivity index (χ2n) is 14.4. The second kappa shape index (κ2) is 18.6. The summed E-state index contributed by atoms with van der Waals surface area (Å²) in [5.41, 5.74) is 0.949. The molecule has 0 saturated carbocycles. The van der Waals surface area contributed by atoms with Crippen LogP contribution >= 0.6 is 0 Å². The van der Waals surface area contributed by atoms with Gasteiger partial charge in [-0.3, -0.25) is 0 Å². The molecule has 3 heterocycles. The van der Waals surface area contributed by atoms with E-state index in [1.54, 1.807) is 123 Å². The smallest absolute Gasteiger partial charge is 0.338 e. The Labute approximate surface area is 339 Å². The number of aliphatic hydroxyl groups is 1. The Hall–Kier alpha value is -5.52. The third-order valence-corrected chi connectivity index (χ3v) is 9.85. The minimum atomic E-state index is -1.72. The van der Waals surface area contributed by atoms with Crippen LogP contribution in [0.4, 0.5) is 0 Å². The van der Waals surface area contributed by atoms with Crippen LogP contribution in [0, 0.1) is 0 Å². The van der Waals surface area contributed by atoms with E-state index in [1.807, 2.05) is 0 Å². The molecule has 10 atom stereocenters. The third kappa shape index (κ3) is 9.86. The minimum Gasteiger partial charge on any atom is -0.459 e. The topological polar surface area (TPSA) is 181 Å². The average Bonchev–Trinajstić information content (AvgIpc) is 3.60. The van der Waals surface area contributed by atoms with Crippen molar-refractivity contribution in [1.82, 2.24) is 0 Å². The van der Waals surface area contributed by atoms with Gasteiger partial charge in [-0.25, -0.2) is 19.2 Å². The number of benzene rings is 4. The highest BCUT2D eigenvalue weighted by Crippen LogP contribution is 2.41. The zero-order valence-electron chi connectivity index (χ0n) is 32.4. The van der Waals surface area contributed by atoms with E-state index in [0.29, 0.717) is 5.56 Å². The molecule has 7 rings (SSSR count). The summed E-state index contributed by atoms with van der Waals surface area (Å²) in [5, 5.41) is 12.1. The predicted octanol–water partition coefficient (Wildman–Crippen LogP) is 4.51. The first-order valence-corrected chi connectivity index (χ1v) is 19.0. The predicted molar refractivity (Wildman–Crippen MR) is 204 cm³/mol. The summed E-state index contributed by atoms with van der Waals surface area (Å²) < 4.78 is 60.5. The number of ether oxygens (including phenoxy) is 10. The Balaban J connectivity index is 1.21. The van der Waals surface area contributed by atoms with Gasteiger partial charge in [0.25, 0.3) is 0 Å². The molecule has 0 amide bonds. The van der Waals surface area contributed by atoms with Crippen LogP contribution < -0.4 is 0 Å². The fourth-order valence-corrected chi connectivity index (χ4v) is 7.04. The first-order chi connectivity index (χ1) is 28.5. The monoisotopic (exact) mass is 812 g/mol. The summed E-state index contributed by atoms with van der Waals surface area (Å²) in [6.45, 7) is 2.50. The van der Waals surface area contributed by atoms with Gasteiger partial charge in [-0.2, -0.15) is 0 Å². The van der Waals surface area contributed by atoms with Crippen LogP contribution in [0.2, 0.25) is 0 Å². The van der Waals surface area contributed by atoms with Gasteiger partial charge in [0.15, 0.2) is 30.6 Å². The van der Waals surface area contributed by atoms with Crippen molar-refractivity contribution in [1.29, 1.82) is 0 Å². The van der Waals surface area contributed by atoms with Gasteiger partial charge in [0, 0.05) is 7.11 Å². The highest BCUT2D eigenvalue weighted by atomic mass is 16.8. The molecule has 0 aliphatic carbocycles. The lowest BCUT2D eigenvalue weighted by Gasteiger charge is -2.47. The Kier molecular flexibility index (Phi) is 13.1. The first-order valence-electron chi connectivity index (χ1n) is 19.0. The van der Waals surface area contributed by atoms with Crippen molar-refractivity contribution in [2.45, 2.75) is 81.0 Å². The van der Waals surface area contributed by atoms with Crippen molar-refractivity contribution in [2.75, 3.05) is 20.3 Å². The molecular formula is C44H44O15. The van der Waals surface area contributed by atoms with Crippen LogP contribution in [0.3, 0.4) is 0 Å². The van der Waals surface area contributed by atoms with Gasteiger partial charge >= 0.3 is 23.9 Å². The molecule has 310 valence electrons. The van der Waals surface area contributed by atoms with E-state index in [2.05, 4.69) is 0 Å². The number of methoxy groups -OCH3 is 1. The number of hydrogen-bond donors (Lipinski definition) is 1. The van der Waals surface area contributed by atoms with Crippen LogP contribution in [0.15, 0.2) is 121 Å². The number of carbonyl (C=O) groups excluding carboxylic acids is 4. The largest absolute Gasteiger partial charge is 0.459 e. The molecule has 4 aromatic rings. The molecule has 0 radical (unpaired) electrons. The molecule has 4 aromatic carbocycles. The van der Waals surface area contributed by atoms with Crippen molar-refractivity contribution in [3.05, 3.63) is 144 Å². The Morgan fingerprint density at radius 1 is 0.542 bits per heavy atom. The van der Waals surface area contributed by atoms with Crippen molar-refractivity contribution < 1.29 is 71.7 Å². The van der Waals surface area contributed by atoms with Crippen molar-refractivity contribution in [2.24, 2.45) is 0 Å². The van der Waals surface area contributed by atoms with E-state index in [0.717, 1.165) is 0 Å². The van der Waals surface area contributed by atoms with E-state index in [1.165, 1.54) is 19.2 Å². The third-order valence-electron chi connectivity index (χ3n) is 9.85. The van der Waals surface area contributed by atoms with E-state index >= 15 is 0 Å². The molecule has 3 saturated heterocycles. The van der Waals surface area contributed by atoms with Crippen LogP contribution in [0.1, 0.15) is 55.3 Å². The summed E-state index contributed by atoms with van der Waals surface area (Å²) in [4.78, 5) is 53.2. The number of carbonyl (C=O) groups is 4. The summed E-state index contributed by atoms with van der Waals surface area (Å²) in [6, 6.07) is 32.9. The van der Waals surface area contributed by atoms with E-state index < -0.39 is 97.7 Å². The summed E-state index contributed by atoms with van der Waals surface area (Å²) in [5.74, 6) is -4.10. The normalized spacial score (nSPS) is 28.4. The quantitative estimate of drug-likeness (QED) is 0.147. The van der Waals surface area contributed by atoms with Gasteiger partial charge in [-0.15, -0.1) is 0 Å². The second-order valence-corrected chi connectivity index (χ2v) is 14.4. The maximum atomic E-state index is 13.7. The molecule has 0 unspecified atom stereocenters. The Morgan fingerprint density at radius 2 is 0.949 bits per heavy atom. The number of aliphatic hydroxyl groups excluding tert-OH is 1. The Bertz CT molecular complexity index is 2030. The molecule has 3 aliphatic rings. The summed E-state index contributed by atoms with van der Waals surface area (Å²) >= 11 is 0. The maximum Gasteiger partial charge on any atom is 0.338 e. The minimum absolute atomic E-state index is 0.189. The fraction of sp³-hybridized carbons (Fsp3) is 0.364. The number of rotatable bonds is 13. The lowest BCUT2D eigenvalue weighted by Crippen LogP contribution is -2.65. The number of esters is 4. The van der Waals surface area contributed by atoms with Crippen molar-refractivity contribution >= 4 is 23.9 Å². The molecule has 1 N–H and O–H groups in total. The van der Waals surface area contributed by atoms with Gasteiger partial charge in [-0.1, -0.05) is 72.8 Å². The highest BCUT2D eigenvalue weighted by molar-refractivity contribution is 5.91. The molecule has 3 aliphatic heterocycles. The fourth-order valence-electron chi connectivity index (χ4n) is 7.04. The first kappa shape index (κ1) is 41.6. The highest BCUT2D eigenvalue weighted by Gasteiger charge is 2.59. The standard InChI is InChI=1S/C44H44O15/c1-44(2)58-34-31(25-52-39(47)27-18-10-5-11-19-27)54-43(37(36(34)59-44)56-41(49)29-22-14-7-15-23-29)57-33-30(24-51-38(46)26-16-8-4-9-17-26)53-42(50-3)35(32(33)45)55-40(48)28-20-12-6-13-21-28/h4-23,30-37,42-43,45H,24-25H2,1-3H3/t30-,31-,32+,33-,34+,35-,36+,37-,42-,43+/m1/s1. The molecule has 0 spiro atoms. The molecule has 0 bridgehead atoms. The van der Waals surface area contributed by atoms with E-state index in [4.69, 9.17) is 47.4 Å². The average molecular weight is 813 g/mol. The van der Waals surface area contributed by atoms with Crippen molar-refractivity contribution in [3.8, 4) is 0 Å². The van der Waals surface area contributed by atoms with Gasteiger partial charge in [0.05, 0.1) is 22.3 Å². The molecule has 15 heteroatoms. The molecule has 0 aromatic heterocycles. The van der Waals surface area contributed by atoms with Crippen LogP contribution in [0.5, 0.6) is 0 Å².